The lowest BCUT2D eigenvalue weighted by Gasteiger charge is -2.34. The van der Waals surface area contributed by atoms with Crippen molar-refractivity contribution in [2.24, 2.45) is 0 Å². The summed E-state index contributed by atoms with van der Waals surface area (Å²) in [6.07, 6.45) is 6.65. The van der Waals surface area contributed by atoms with E-state index in [0.717, 1.165) is 35.3 Å². The Morgan fingerprint density at radius 2 is 2.03 bits per heavy atom. The first-order valence-corrected chi connectivity index (χ1v) is 9.90. The van der Waals surface area contributed by atoms with E-state index in [0.29, 0.717) is 32.0 Å². The number of hydrogen-bond donors (Lipinski definition) is 0. The molecule has 29 heavy (non-hydrogen) atoms. The Bertz CT molecular complexity index is 1030. The molecule has 0 N–H and O–H groups in total. The zero-order valence-electron chi connectivity index (χ0n) is 16.1. The van der Waals surface area contributed by atoms with Crippen molar-refractivity contribution in [1.29, 1.82) is 0 Å². The number of fused-ring (bicyclic) bond motifs is 2. The number of likely N-dealkylation sites (tertiary alicyclic amines) is 1. The van der Waals surface area contributed by atoms with Gasteiger partial charge in [0, 0.05) is 42.8 Å². The fourth-order valence-electron chi connectivity index (χ4n) is 4.31. The third-order valence-electron chi connectivity index (χ3n) is 5.83. The maximum Gasteiger partial charge on any atom is 0.227 e. The van der Waals surface area contributed by atoms with E-state index in [4.69, 9.17) is 9.72 Å². The number of carbonyl (C=O) groups is 1. The number of aromatic nitrogens is 3. The van der Waals surface area contributed by atoms with Gasteiger partial charge in [-0.1, -0.05) is 30.3 Å². The molecular formula is C23H22N4O2. The van der Waals surface area contributed by atoms with Gasteiger partial charge in [0.15, 0.2) is 5.82 Å². The number of pyridine rings is 1. The largest absolute Gasteiger partial charge is 0.376 e. The quantitative estimate of drug-likeness (QED) is 0.692. The van der Waals surface area contributed by atoms with E-state index in [-0.39, 0.29) is 11.3 Å². The second-order valence-corrected chi connectivity index (χ2v) is 7.81. The van der Waals surface area contributed by atoms with Gasteiger partial charge in [0.25, 0.3) is 0 Å². The molecule has 0 bridgehead atoms. The maximum absolute atomic E-state index is 12.9. The summed E-state index contributed by atoms with van der Waals surface area (Å²) in [5.74, 6) is 0.828. The normalized spacial score (nSPS) is 20.6. The van der Waals surface area contributed by atoms with Crippen molar-refractivity contribution in [1.82, 2.24) is 19.9 Å². The number of amides is 1. The summed E-state index contributed by atoms with van der Waals surface area (Å²) < 4.78 is 5.90. The van der Waals surface area contributed by atoms with Crippen LogP contribution in [0.4, 0.5) is 0 Å². The Morgan fingerprint density at radius 1 is 1.14 bits per heavy atom. The smallest absolute Gasteiger partial charge is 0.227 e. The lowest BCUT2D eigenvalue weighted by atomic mass is 9.80. The van der Waals surface area contributed by atoms with Crippen LogP contribution in [0, 0.1) is 0 Å². The standard InChI is InChI=1S/C23H22N4O2/c28-20(11-17-5-2-1-3-6-17)27-10-8-23(15-27)16-29-14-19-13-25-22(26-21(19)23)18-7-4-9-24-12-18/h1-7,9,12-13H,8,10-11,14-16H2/t23-/m0/s1. The molecule has 6 nitrogen and oxygen atoms in total. The molecule has 1 saturated heterocycles. The van der Waals surface area contributed by atoms with Crippen molar-refractivity contribution >= 4 is 5.91 Å². The molecule has 1 fully saturated rings. The van der Waals surface area contributed by atoms with Gasteiger partial charge in [-0.15, -0.1) is 0 Å². The lowest BCUT2D eigenvalue weighted by molar-refractivity contribution is -0.129. The first-order chi connectivity index (χ1) is 14.2. The Hall–Kier alpha value is -3.12. The van der Waals surface area contributed by atoms with Crippen LogP contribution in [0.3, 0.4) is 0 Å². The van der Waals surface area contributed by atoms with Crippen molar-refractivity contribution in [3.8, 4) is 11.4 Å². The van der Waals surface area contributed by atoms with E-state index in [1.807, 2.05) is 53.6 Å². The number of rotatable bonds is 3. The first-order valence-electron chi connectivity index (χ1n) is 9.90. The summed E-state index contributed by atoms with van der Waals surface area (Å²) in [6.45, 7) is 2.46. The van der Waals surface area contributed by atoms with Crippen LogP contribution < -0.4 is 0 Å². The summed E-state index contributed by atoms with van der Waals surface area (Å²) in [6, 6.07) is 13.7. The van der Waals surface area contributed by atoms with Crippen LogP contribution in [0.2, 0.25) is 0 Å². The van der Waals surface area contributed by atoms with Gasteiger partial charge >= 0.3 is 0 Å². The summed E-state index contributed by atoms with van der Waals surface area (Å²) in [5.41, 5.74) is 3.71. The first kappa shape index (κ1) is 17.9. The summed E-state index contributed by atoms with van der Waals surface area (Å²) >= 11 is 0. The van der Waals surface area contributed by atoms with Crippen molar-refractivity contribution in [3.05, 3.63) is 77.9 Å². The number of benzene rings is 1. The van der Waals surface area contributed by atoms with E-state index in [1.54, 1.807) is 12.4 Å². The average molecular weight is 386 g/mol. The molecule has 5 rings (SSSR count). The van der Waals surface area contributed by atoms with Crippen molar-refractivity contribution < 1.29 is 9.53 Å². The molecule has 1 amide bonds. The maximum atomic E-state index is 12.9. The predicted molar refractivity (Wildman–Crippen MR) is 108 cm³/mol. The van der Waals surface area contributed by atoms with Crippen molar-refractivity contribution in [2.75, 3.05) is 19.7 Å². The highest BCUT2D eigenvalue weighted by Gasteiger charge is 2.46. The number of nitrogens with zero attached hydrogens (tertiary/aromatic N) is 4. The lowest BCUT2D eigenvalue weighted by Crippen LogP contribution is -2.42. The molecule has 146 valence electrons. The van der Waals surface area contributed by atoms with Gasteiger partial charge in [0.05, 0.1) is 30.7 Å². The topological polar surface area (TPSA) is 68.2 Å². The van der Waals surface area contributed by atoms with Crippen LogP contribution in [0.5, 0.6) is 0 Å². The molecular weight excluding hydrogens is 364 g/mol. The molecule has 2 aromatic heterocycles. The van der Waals surface area contributed by atoms with Crippen molar-refractivity contribution in [3.63, 3.8) is 0 Å². The molecule has 1 aromatic carbocycles. The molecule has 3 aromatic rings. The highest BCUT2D eigenvalue weighted by molar-refractivity contribution is 5.79. The molecule has 2 aliphatic rings. The van der Waals surface area contributed by atoms with Crippen LogP contribution in [0.15, 0.2) is 61.1 Å². The second kappa shape index (κ2) is 7.37. The number of carbonyl (C=O) groups excluding carboxylic acids is 1. The van der Waals surface area contributed by atoms with Gasteiger partial charge in [-0.05, 0) is 24.1 Å². The summed E-state index contributed by atoms with van der Waals surface area (Å²) in [4.78, 5) is 28.5. The molecule has 0 radical (unpaired) electrons. The van der Waals surface area contributed by atoms with E-state index in [2.05, 4.69) is 9.97 Å². The Morgan fingerprint density at radius 3 is 2.86 bits per heavy atom. The van der Waals surface area contributed by atoms with Gasteiger partial charge in [-0.2, -0.15) is 0 Å². The number of ether oxygens (including phenoxy) is 1. The van der Waals surface area contributed by atoms with Crippen LogP contribution in [0.25, 0.3) is 11.4 Å². The Labute approximate surface area is 169 Å². The Balaban J connectivity index is 1.42. The van der Waals surface area contributed by atoms with E-state index in [1.165, 1.54) is 0 Å². The molecule has 0 saturated carbocycles. The number of hydrogen-bond acceptors (Lipinski definition) is 5. The third-order valence-corrected chi connectivity index (χ3v) is 5.83. The third kappa shape index (κ3) is 3.40. The molecule has 1 spiro atoms. The average Bonchev–Trinajstić information content (AvgIpc) is 3.20. The molecule has 2 aliphatic heterocycles. The highest BCUT2D eigenvalue weighted by atomic mass is 16.5. The van der Waals surface area contributed by atoms with Gasteiger partial charge in [0.1, 0.15) is 0 Å². The zero-order valence-corrected chi connectivity index (χ0v) is 16.1. The van der Waals surface area contributed by atoms with E-state index < -0.39 is 0 Å². The minimum Gasteiger partial charge on any atom is -0.376 e. The van der Waals surface area contributed by atoms with Gasteiger partial charge in [-0.25, -0.2) is 9.97 Å². The fourth-order valence-corrected chi connectivity index (χ4v) is 4.31. The monoisotopic (exact) mass is 386 g/mol. The van der Waals surface area contributed by atoms with Crippen LogP contribution in [0.1, 0.15) is 23.2 Å². The van der Waals surface area contributed by atoms with Crippen LogP contribution >= 0.6 is 0 Å². The molecule has 0 unspecified atom stereocenters. The molecule has 0 aliphatic carbocycles. The second-order valence-electron chi connectivity index (χ2n) is 7.81. The molecule has 6 heteroatoms. The SMILES string of the molecule is O=C(Cc1ccccc1)N1CC[C@@]2(COCc3cnc(-c4cccnc4)nc32)C1. The van der Waals surface area contributed by atoms with Crippen LogP contribution in [-0.4, -0.2) is 45.5 Å². The van der Waals surface area contributed by atoms with Gasteiger partial charge in [-0.3, -0.25) is 9.78 Å². The fraction of sp³-hybridized carbons (Fsp3) is 0.304. The molecule has 1 atom stereocenters. The van der Waals surface area contributed by atoms with Gasteiger partial charge in [0.2, 0.25) is 5.91 Å². The minimum atomic E-state index is -0.264. The summed E-state index contributed by atoms with van der Waals surface area (Å²) in [5, 5.41) is 0. The summed E-state index contributed by atoms with van der Waals surface area (Å²) in [7, 11) is 0. The minimum absolute atomic E-state index is 0.154. The predicted octanol–water partition coefficient (Wildman–Crippen LogP) is 2.78. The Kier molecular flexibility index (Phi) is 4.56. The van der Waals surface area contributed by atoms with Crippen LogP contribution in [-0.2, 0) is 28.0 Å². The van der Waals surface area contributed by atoms with E-state index in [9.17, 15) is 4.79 Å². The van der Waals surface area contributed by atoms with E-state index >= 15 is 0 Å². The van der Waals surface area contributed by atoms with Crippen molar-refractivity contribution in [2.45, 2.75) is 24.9 Å². The van der Waals surface area contributed by atoms with Gasteiger partial charge < -0.3 is 9.64 Å². The highest BCUT2D eigenvalue weighted by Crippen LogP contribution is 2.39. The molecule has 4 heterocycles. The zero-order chi connectivity index (χ0) is 19.7.